The number of carbonyl (C=O) groups excluding carboxylic acids is 2. The predicted molar refractivity (Wildman–Crippen MR) is 105 cm³/mol. The third-order valence-corrected chi connectivity index (χ3v) is 5.32. The number of nitrogens with one attached hydrogen (secondary N) is 2. The summed E-state index contributed by atoms with van der Waals surface area (Å²) in [7, 11) is 0. The molecule has 27 heavy (non-hydrogen) atoms. The molecule has 7 heteroatoms. The summed E-state index contributed by atoms with van der Waals surface area (Å²) in [5.41, 5.74) is 2.19. The predicted octanol–water partition coefficient (Wildman–Crippen LogP) is 3.59. The van der Waals surface area contributed by atoms with Crippen LogP contribution in [-0.2, 0) is 9.59 Å². The van der Waals surface area contributed by atoms with Gasteiger partial charge in [-0.1, -0.05) is 42.5 Å². The van der Waals surface area contributed by atoms with Gasteiger partial charge in [-0.2, -0.15) is 0 Å². The van der Waals surface area contributed by atoms with E-state index in [4.69, 9.17) is 0 Å². The number of nitrogens with zero attached hydrogens (tertiary/aromatic N) is 2. The molecule has 2 amide bonds. The number of benzene rings is 2. The largest absolute Gasteiger partial charge is 0.324 e. The third-order valence-electron chi connectivity index (χ3n) is 4.04. The highest BCUT2D eigenvalue weighted by molar-refractivity contribution is 8.01. The average Bonchev–Trinajstić information content (AvgIpc) is 2.70. The number of carbonyl (C=O) groups is 2. The molecule has 2 aromatic carbocycles. The van der Waals surface area contributed by atoms with E-state index < -0.39 is 5.25 Å². The van der Waals surface area contributed by atoms with Crippen LogP contribution in [0.1, 0.15) is 6.42 Å². The topological polar surface area (TPSA) is 84.0 Å². The first-order valence-corrected chi connectivity index (χ1v) is 9.31. The first kappa shape index (κ1) is 17.2. The lowest BCUT2D eigenvalue weighted by Gasteiger charge is -2.23. The van der Waals surface area contributed by atoms with E-state index in [2.05, 4.69) is 20.6 Å². The first-order valence-electron chi connectivity index (χ1n) is 8.43. The van der Waals surface area contributed by atoms with Crippen molar-refractivity contribution < 1.29 is 9.59 Å². The summed E-state index contributed by atoms with van der Waals surface area (Å²) in [6.07, 6.45) is 3.21. The smallest absolute Gasteiger partial charge is 0.238 e. The van der Waals surface area contributed by atoms with Crippen LogP contribution < -0.4 is 10.6 Å². The van der Waals surface area contributed by atoms with Gasteiger partial charge in [0.1, 0.15) is 0 Å². The zero-order valence-corrected chi connectivity index (χ0v) is 15.1. The van der Waals surface area contributed by atoms with Gasteiger partial charge in [0.2, 0.25) is 11.8 Å². The summed E-state index contributed by atoms with van der Waals surface area (Å²) < 4.78 is 0. The van der Waals surface area contributed by atoms with Crippen LogP contribution in [0, 0.1) is 0 Å². The molecule has 0 spiro atoms. The number of aromatic nitrogens is 2. The van der Waals surface area contributed by atoms with E-state index in [1.807, 2.05) is 54.6 Å². The van der Waals surface area contributed by atoms with Gasteiger partial charge in [0, 0.05) is 16.9 Å². The number of fused-ring (bicyclic) bond motifs is 1. The van der Waals surface area contributed by atoms with Gasteiger partial charge in [-0.05, 0) is 12.1 Å². The Kier molecular flexibility index (Phi) is 4.84. The highest BCUT2D eigenvalue weighted by Gasteiger charge is 2.28. The SMILES string of the molecule is O=C(CC1Sc2ccccc2NC1=O)Nc1cnc(-c2ccccc2)nc1. The van der Waals surface area contributed by atoms with Crippen molar-refractivity contribution in [2.24, 2.45) is 0 Å². The Morgan fingerprint density at radius 2 is 1.74 bits per heavy atom. The van der Waals surface area contributed by atoms with Crippen molar-refractivity contribution in [3.63, 3.8) is 0 Å². The first-order chi connectivity index (χ1) is 13.2. The number of hydrogen-bond acceptors (Lipinski definition) is 5. The molecule has 134 valence electrons. The highest BCUT2D eigenvalue weighted by atomic mass is 32.2. The molecule has 0 bridgehead atoms. The molecule has 0 saturated heterocycles. The molecule has 0 saturated carbocycles. The maximum Gasteiger partial charge on any atom is 0.238 e. The normalized spacial score (nSPS) is 15.6. The molecule has 2 heterocycles. The van der Waals surface area contributed by atoms with E-state index in [9.17, 15) is 9.59 Å². The number of thioether (sulfide) groups is 1. The van der Waals surface area contributed by atoms with Gasteiger partial charge >= 0.3 is 0 Å². The van der Waals surface area contributed by atoms with Crippen LogP contribution in [0.3, 0.4) is 0 Å². The van der Waals surface area contributed by atoms with E-state index in [1.54, 1.807) is 12.4 Å². The molecular weight excluding hydrogens is 360 g/mol. The molecule has 6 nitrogen and oxygen atoms in total. The minimum Gasteiger partial charge on any atom is -0.324 e. The molecule has 3 aromatic rings. The lowest BCUT2D eigenvalue weighted by molar-refractivity contribution is -0.120. The standard InChI is InChI=1S/C20H16N4O2S/c25-18(10-17-20(26)24-15-8-4-5-9-16(15)27-17)23-14-11-21-19(22-12-14)13-6-2-1-3-7-13/h1-9,11-12,17H,10H2,(H,23,25)(H,24,26). The molecule has 1 aromatic heterocycles. The summed E-state index contributed by atoms with van der Waals surface area (Å²) in [4.78, 5) is 34.1. The molecule has 0 fully saturated rings. The highest BCUT2D eigenvalue weighted by Crippen LogP contribution is 2.36. The zero-order chi connectivity index (χ0) is 18.6. The summed E-state index contributed by atoms with van der Waals surface area (Å²) in [5.74, 6) is 0.176. The Morgan fingerprint density at radius 3 is 2.52 bits per heavy atom. The Hall–Kier alpha value is -3.19. The van der Waals surface area contributed by atoms with Gasteiger partial charge in [0.15, 0.2) is 5.82 Å². The summed E-state index contributed by atoms with van der Waals surface area (Å²) in [6.45, 7) is 0. The van der Waals surface area contributed by atoms with Crippen LogP contribution >= 0.6 is 11.8 Å². The number of amides is 2. The van der Waals surface area contributed by atoms with Crippen LogP contribution in [-0.4, -0.2) is 27.0 Å². The molecule has 0 radical (unpaired) electrons. The number of para-hydroxylation sites is 1. The minimum atomic E-state index is -0.468. The van der Waals surface area contributed by atoms with Gasteiger partial charge in [-0.3, -0.25) is 9.59 Å². The molecule has 1 aliphatic heterocycles. The molecule has 2 N–H and O–H groups in total. The van der Waals surface area contributed by atoms with Gasteiger partial charge in [0.25, 0.3) is 0 Å². The molecular formula is C20H16N4O2S. The lowest BCUT2D eigenvalue weighted by atomic mass is 10.2. The van der Waals surface area contributed by atoms with E-state index >= 15 is 0 Å². The Bertz CT molecular complexity index is 977. The van der Waals surface area contributed by atoms with Crippen molar-refractivity contribution in [2.45, 2.75) is 16.6 Å². The summed E-state index contributed by atoms with van der Waals surface area (Å²) in [6, 6.07) is 17.2. The van der Waals surface area contributed by atoms with Crippen LogP contribution in [0.4, 0.5) is 11.4 Å². The zero-order valence-electron chi connectivity index (χ0n) is 14.3. The fourth-order valence-corrected chi connectivity index (χ4v) is 3.85. The van der Waals surface area contributed by atoms with E-state index in [0.29, 0.717) is 11.5 Å². The quantitative estimate of drug-likeness (QED) is 0.727. The average molecular weight is 376 g/mol. The molecule has 1 unspecified atom stereocenters. The van der Waals surface area contributed by atoms with Crippen LogP contribution in [0.15, 0.2) is 71.9 Å². The van der Waals surface area contributed by atoms with Crippen LogP contribution in [0.2, 0.25) is 0 Å². The number of rotatable bonds is 4. The summed E-state index contributed by atoms with van der Waals surface area (Å²) in [5, 5.41) is 5.13. The fourth-order valence-electron chi connectivity index (χ4n) is 2.74. The second-order valence-electron chi connectivity index (χ2n) is 6.01. The summed E-state index contributed by atoms with van der Waals surface area (Å²) >= 11 is 1.40. The van der Waals surface area contributed by atoms with Gasteiger partial charge in [-0.15, -0.1) is 11.8 Å². The van der Waals surface area contributed by atoms with Crippen molar-refractivity contribution in [3.05, 3.63) is 67.0 Å². The van der Waals surface area contributed by atoms with Crippen molar-refractivity contribution in [3.8, 4) is 11.4 Å². The lowest BCUT2D eigenvalue weighted by Crippen LogP contribution is -2.32. The van der Waals surface area contributed by atoms with E-state index in [0.717, 1.165) is 16.1 Å². The second-order valence-corrected chi connectivity index (χ2v) is 7.25. The van der Waals surface area contributed by atoms with E-state index in [1.165, 1.54) is 11.8 Å². The van der Waals surface area contributed by atoms with E-state index in [-0.39, 0.29) is 18.2 Å². The minimum absolute atomic E-state index is 0.0747. The van der Waals surface area contributed by atoms with Crippen LogP contribution in [0.5, 0.6) is 0 Å². The maximum atomic E-state index is 12.3. The molecule has 0 aliphatic carbocycles. The molecule has 4 rings (SSSR count). The van der Waals surface area contributed by atoms with Gasteiger partial charge in [-0.25, -0.2) is 9.97 Å². The number of hydrogen-bond donors (Lipinski definition) is 2. The maximum absolute atomic E-state index is 12.3. The van der Waals surface area contributed by atoms with Crippen molar-refractivity contribution in [1.82, 2.24) is 9.97 Å². The fraction of sp³-hybridized carbons (Fsp3) is 0.100. The van der Waals surface area contributed by atoms with Gasteiger partial charge < -0.3 is 10.6 Å². The third kappa shape index (κ3) is 3.98. The number of anilines is 2. The van der Waals surface area contributed by atoms with Crippen molar-refractivity contribution in [1.29, 1.82) is 0 Å². The van der Waals surface area contributed by atoms with Crippen molar-refractivity contribution in [2.75, 3.05) is 10.6 Å². The van der Waals surface area contributed by atoms with Crippen molar-refractivity contribution >= 4 is 35.0 Å². The second kappa shape index (κ2) is 7.59. The van der Waals surface area contributed by atoms with Gasteiger partial charge in [0.05, 0.1) is 29.0 Å². The Morgan fingerprint density at radius 1 is 1.04 bits per heavy atom. The van der Waals surface area contributed by atoms with Crippen LogP contribution in [0.25, 0.3) is 11.4 Å². The molecule has 1 aliphatic rings. The Balaban J connectivity index is 1.39. The monoisotopic (exact) mass is 376 g/mol. The molecule has 1 atom stereocenters. The Labute approximate surface area is 160 Å².